The smallest absolute Gasteiger partial charge is 0.243 e. The molecule has 3 aromatic rings. The fourth-order valence-electron chi connectivity index (χ4n) is 3.65. The lowest BCUT2D eigenvalue weighted by Crippen LogP contribution is -2.51. The van der Waals surface area contributed by atoms with Gasteiger partial charge in [-0.2, -0.15) is 4.31 Å². The van der Waals surface area contributed by atoms with E-state index in [0.29, 0.717) is 5.56 Å². The maximum absolute atomic E-state index is 13.4. The van der Waals surface area contributed by atoms with Crippen LogP contribution in [0.3, 0.4) is 0 Å². The van der Waals surface area contributed by atoms with Crippen LogP contribution in [0.25, 0.3) is 10.8 Å². The molecule has 0 heterocycles. The highest BCUT2D eigenvalue weighted by Gasteiger charge is 2.30. The van der Waals surface area contributed by atoms with Gasteiger partial charge in [0, 0.05) is 19.6 Å². The number of halogens is 1. The van der Waals surface area contributed by atoms with Gasteiger partial charge in [0.25, 0.3) is 0 Å². The number of amides is 2. The fourth-order valence-corrected chi connectivity index (χ4v) is 4.80. The molecule has 0 fully saturated rings. The Morgan fingerprint density at radius 1 is 0.943 bits per heavy atom. The Labute approximate surface area is 205 Å². The lowest BCUT2D eigenvalue weighted by atomic mass is 10.1. The topological polar surface area (TPSA) is 86.8 Å². The molecule has 1 atom stereocenters. The normalized spacial score (nSPS) is 12.7. The second-order valence-corrected chi connectivity index (χ2v) is 10.8. The van der Waals surface area contributed by atoms with E-state index >= 15 is 0 Å². The van der Waals surface area contributed by atoms with E-state index in [-0.39, 0.29) is 23.4 Å². The van der Waals surface area contributed by atoms with E-state index in [1.165, 1.54) is 42.3 Å². The molecule has 1 N–H and O–H groups in total. The van der Waals surface area contributed by atoms with Crippen LogP contribution in [0.4, 0.5) is 4.39 Å². The Hall–Kier alpha value is -3.30. The molecule has 9 heteroatoms. The lowest BCUT2D eigenvalue weighted by Gasteiger charge is -2.30. The average molecular weight is 500 g/mol. The molecule has 186 valence electrons. The third-order valence-corrected chi connectivity index (χ3v) is 7.45. The van der Waals surface area contributed by atoms with Gasteiger partial charge in [-0.15, -0.1) is 0 Å². The van der Waals surface area contributed by atoms with Crippen LogP contribution in [-0.2, 0) is 26.2 Å². The van der Waals surface area contributed by atoms with Crippen molar-refractivity contribution in [1.82, 2.24) is 14.5 Å². The van der Waals surface area contributed by atoms with E-state index in [0.717, 1.165) is 15.1 Å². The number of carbonyl (C=O) groups is 2. The third kappa shape index (κ3) is 6.43. The molecule has 0 unspecified atom stereocenters. The Kier molecular flexibility index (Phi) is 8.24. The van der Waals surface area contributed by atoms with Crippen LogP contribution in [0, 0.1) is 5.82 Å². The molecule has 0 spiro atoms. The molecule has 0 aromatic heterocycles. The summed E-state index contributed by atoms with van der Waals surface area (Å²) in [6.07, 6.45) is 0. The predicted molar refractivity (Wildman–Crippen MR) is 133 cm³/mol. The second-order valence-electron chi connectivity index (χ2n) is 8.76. The summed E-state index contributed by atoms with van der Waals surface area (Å²) in [7, 11) is -2.64. The number of hydrogen-bond acceptors (Lipinski definition) is 4. The highest BCUT2D eigenvalue weighted by atomic mass is 32.2. The number of nitrogens with one attached hydrogen (secondary N) is 1. The second kappa shape index (κ2) is 11.0. The van der Waals surface area contributed by atoms with E-state index < -0.39 is 34.3 Å². The number of hydrogen-bond donors (Lipinski definition) is 1. The van der Waals surface area contributed by atoms with Gasteiger partial charge in [-0.25, -0.2) is 12.8 Å². The van der Waals surface area contributed by atoms with Crippen molar-refractivity contribution in [3.63, 3.8) is 0 Å². The number of nitrogens with zero attached hydrogens (tertiary/aromatic N) is 2. The monoisotopic (exact) mass is 499 g/mol. The van der Waals surface area contributed by atoms with Gasteiger partial charge in [-0.05, 0) is 61.4 Å². The number of likely N-dealkylation sites (N-methyl/N-ethyl adjacent to an activating group) is 1. The Balaban J connectivity index is 1.84. The van der Waals surface area contributed by atoms with Crippen LogP contribution in [-0.4, -0.2) is 55.1 Å². The summed E-state index contributed by atoms with van der Waals surface area (Å²) < 4.78 is 40.8. The summed E-state index contributed by atoms with van der Waals surface area (Å²) in [5, 5.41) is 4.45. The van der Waals surface area contributed by atoms with Crippen molar-refractivity contribution in [3.05, 3.63) is 78.1 Å². The van der Waals surface area contributed by atoms with Crippen molar-refractivity contribution in [3.8, 4) is 0 Å². The minimum atomic E-state index is -3.97. The zero-order valence-corrected chi connectivity index (χ0v) is 21.0. The number of fused-ring (bicyclic) bond motifs is 1. The number of benzene rings is 3. The van der Waals surface area contributed by atoms with Crippen molar-refractivity contribution in [2.24, 2.45) is 0 Å². The Morgan fingerprint density at radius 3 is 2.20 bits per heavy atom. The van der Waals surface area contributed by atoms with Gasteiger partial charge in [0.05, 0.1) is 11.4 Å². The van der Waals surface area contributed by atoms with E-state index in [4.69, 9.17) is 0 Å². The Bertz CT molecular complexity index is 1310. The molecular formula is C26H30FN3O4S. The highest BCUT2D eigenvalue weighted by molar-refractivity contribution is 7.89. The van der Waals surface area contributed by atoms with Gasteiger partial charge >= 0.3 is 0 Å². The molecule has 0 bridgehead atoms. The van der Waals surface area contributed by atoms with Gasteiger partial charge < -0.3 is 10.2 Å². The van der Waals surface area contributed by atoms with Gasteiger partial charge in [-0.3, -0.25) is 9.59 Å². The summed E-state index contributed by atoms with van der Waals surface area (Å²) in [5.41, 5.74) is 0.615. The van der Waals surface area contributed by atoms with Crippen LogP contribution in [0.5, 0.6) is 0 Å². The van der Waals surface area contributed by atoms with Gasteiger partial charge in [0.15, 0.2) is 0 Å². The van der Waals surface area contributed by atoms with Crippen LogP contribution in [0.1, 0.15) is 26.3 Å². The first kappa shape index (κ1) is 26.3. The van der Waals surface area contributed by atoms with Crippen molar-refractivity contribution in [1.29, 1.82) is 0 Å². The number of sulfonamides is 1. The van der Waals surface area contributed by atoms with Crippen LogP contribution < -0.4 is 5.32 Å². The zero-order chi connectivity index (χ0) is 25.8. The highest BCUT2D eigenvalue weighted by Crippen LogP contribution is 2.22. The standard InChI is InChI=1S/C26H30FN3O4S/c1-18(2)28-26(32)19(3)30(16-20-9-12-23(27)13-10-20)25(31)17-29(4)35(33,34)24-14-11-21-7-5-6-8-22(21)15-24/h5-15,18-19H,16-17H2,1-4H3,(H,28,32)/t19-/m1/s1. The molecule has 3 rings (SSSR count). The van der Waals surface area contributed by atoms with Gasteiger partial charge in [0.2, 0.25) is 21.8 Å². The molecule has 0 aliphatic carbocycles. The summed E-state index contributed by atoms with van der Waals surface area (Å²) in [6.45, 7) is 4.75. The minimum absolute atomic E-state index is 0.0235. The van der Waals surface area contributed by atoms with Crippen molar-refractivity contribution >= 4 is 32.6 Å². The summed E-state index contributed by atoms with van der Waals surface area (Å²) >= 11 is 0. The number of rotatable bonds is 9. The molecule has 0 aliphatic rings. The first-order valence-corrected chi connectivity index (χ1v) is 12.7. The van der Waals surface area contributed by atoms with Crippen molar-refractivity contribution in [2.45, 2.75) is 44.3 Å². The molecule has 2 amide bonds. The van der Waals surface area contributed by atoms with Crippen LogP contribution in [0.2, 0.25) is 0 Å². The first-order valence-electron chi connectivity index (χ1n) is 11.3. The predicted octanol–water partition coefficient (Wildman–Crippen LogP) is 3.54. The average Bonchev–Trinajstić information content (AvgIpc) is 2.82. The minimum Gasteiger partial charge on any atom is -0.352 e. The third-order valence-electron chi connectivity index (χ3n) is 5.65. The molecule has 0 aliphatic heterocycles. The van der Waals surface area contributed by atoms with E-state index in [9.17, 15) is 22.4 Å². The SMILES string of the molecule is CC(C)NC(=O)[C@@H](C)N(Cc1ccc(F)cc1)C(=O)CN(C)S(=O)(=O)c1ccc2ccccc2c1. The Morgan fingerprint density at radius 2 is 1.57 bits per heavy atom. The maximum atomic E-state index is 13.4. The molecule has 7 nitrogen and oxygen atoms in total. The van der Waals surface area contributed by atoms with E-state index in [1.54, 1.807) is 32.9 Å². The quantitative estimate of drug-likeness (QED) is 0.488. The molecular weight excluding hydrogens is 469 g/mol. The zero-order valence-electron chi connectivity index (χ0n) is 20.2. The molecule has 0 saturated heterocycles. The lowest BCUT2D eigenvalue weighted by molar-refractivity contribution is -0.140. The largest absolute Gasteiger partial charge is 0.352 e. The van der Waals surface area contributed by atoms with Gasteiger partial charge in [-0.1, -0.05) is 42.5 Å². The van der Waals surface area contributed by atoms with E-state index in [2.05, 4.69) is 5.32 Å². The maximum Gasteiger partial charge on any atom is 0.243 e. The molecule has 0 radical (unpaired) electrons. The molecule has 35 heavy (non-hydrogen) atoms. The molecule has 3 aromatic carbocycles. The van der Waals surface area contributed by atoms with Crippen molar-refractivity contribution < 1.29 is 22.4 Å². The van der Waals surface area contributed by atoms with E-state index in [1.807, 2.05) is 24.3 Å². The van der Waals surface area contributed by atoms with Crippen LogP contribution in [0.15, 0.2) is 71.6 Å². The fraction of sp³-hybridized carbons (Fsp3) is 0.308. The van der Waals surface area contributed by atoms with Gasteiger partial charge in [0.1, 0.15) is 11.9 Å². The summed E-state index contributed by atoms with van der Waals surface area (Å²) in [4.78, 5) is 27.4. The molecule has 0 saturated carbocycles. The van der Waals surface area contributed by atoms with Crippen LogP contribution >= 0.6 is 0 Å². The first-order chi connectivity index (χ1) is 16.5. The summed E-state index contributed by atoms with van der Waals surface area (Å²) in [5.74, 6) is -1.33. The summed E-state index contributed by atoms with van der Waals surface area (Å²) in [6, 6.07) is 16.8. The number of carbonyl (C=O) groups excluding carboxylic acids is 2. The van der Waals surface area contributed by atoms with Crippen molar-refractivity contribution in [2.75, 3.05) is 13.6 Å².